The summed E-state index contributed by atoms with van der Waals surface area (Å²) in [5, 5.41) is 19.7. The third-order valence-corrected chi connectivity index (χ3v) is 1.94. The van der Waals surface area contributed by atoms with Gasteiger partial charge in [0.2, 0.25) is 5.12 Å². The van der Waals surface area contributed by atoms with Crippen molar-refractivity contribution in [3.8, 4) is 0 Å². The molecule has 0 aliphatic carbocycles. The molecule has 10 heavy (non-hydrogen) atoms. The molecule has 0 spiro atoms. The maximum absolute atomic E-state index is 10.7. The molecule has 1 fully saturated rings. The topological polar surface area (TPSA) is 63.6 Å². The van der Waals surface area contributed by atoms with Gasteiger partial charge in [-0.05, 0) is 17.8 Å². The van der Waals surface area contributed by atoms with E-state index in [-0.39, 0.29) is 18.3 Å². The zero-order chi connectivity index (χ0) is 7.56. The normalized spacial score (nSPS) is 22.8. The van der Waals surface area contributed by atoms with Gasteiger partial charge in [0.15, 0.2) is 0 Å². The SMILES string of the molecule is O=C1CN([O-])C(=CCO)S1. The summed E-state index contributed by atoms with van der Waals surface area (Å²) in [4.78, 5) is 10.5. The molecule has 0 radical (unpaired) electrons. The second-order valence-corrected chi connectivity index (χ2v) is 2.81. The van der Waals surface area contributed by atoms with Gasteiger partial charge in [-0.3, -0.25) is 4.79 Å². The first-order valence-corrected chi connectivity index (χ1v) is 3.52. The molecular weight excluding hydrogens is 154 g/mol. The molecule has 0 amide bonds. The van der Waals surface area contributed by atoms with Crippen LogP contribution in [0.1, 0.15) is 0 Å². The smallest absolute Gasteiger partial charge is 0.213 e. The second-order valence-electron chi connectivity index (χ2n) is 1.74. The van der Waals surface area contributed by atoms with Gasteiger partial charge in [0, 0.05) is 0 Å². The first kappa shape index (κ1) is 7.59. The number of hydrogen-bond acceptors (Lipinski definition) is 5. The van der Waals surface area contributed by atoms with Crippen LogP contribution in [-0.4, -0.2) is 28.4 Å². The molecule has 0 aromatic heterocycles. The Morgan fingerprint density at radius 3 is 3.00 bits per heavy atom. The summed E-state index contributed by atoms with van der Waals surface area (Å²) in [5.74, 6) is 0. The third-order valence-electron chi connectivity index (χ3n) is 1.00. The number of nitrogens with zero attached hydrogens (tertiary/aromatic N) is 1. The molecule has 0 aromatic carbocycles. The minimum absolute atomic E-state index is 0.101. The predicted octanol–water partition coefficient (Wildman–Crippen LogP) is -0.107. The summed E-state index contributed by atoms with van der Waals surface area (Å²) < 4.78 is 0. The quantitative estimate of drug-likeness (QED) is 0.580. The van der Waals surface area contributed by atoms with Crippen LogP contribution in [0.2, 0.25) is 0 Å². The van der Waals surface area contributed by atoms with Crippen LogP contribution >= 0.6 is 11.8 Å². The lowest BCUT2D eigenvalue weighted by molar-refractivity contribution is -0.110. The van der Waals surface area contributed by atoms with E-state index in [0.717, 1.165) is 11.8 Å². The third kappa shape index (κ3) is 1.50. The Hall–Kier alpha value is -0.520. The van der Waals surface area contributed by atoms with Gasteiger partial charge in [0.25, 0.3) is 0 Å². The lowest BCUT2D eigenvalue weighted by Crippen LogP contribution is -2.10. The van der Waals surface area contributed by atoms with Gasteiger partial charge in [-0.15, -0.1) is 0 Å². The van der Waals surface area contributed by atoms with Gasteiger partial charge >= 0.3 is 0 Å². The summed E-state index contributed by atoms with van der Waals surface area (Å²) in [5.41, 5.74) is 0. The van der Waals surface area contributed by atoms with Crippen LogP contribution in [-0.2, 0) is 4.79 Å². The Kier molecular flexibility index (Phi) is 2.31. The van der Waals surface area contributed by atoms with Gasteiger partial charge in [-0.25, -0.2) is 0 Å². The Labute approximate surface area is 62.1 Å². The van der Waals surface area contributed by atoms with Crippen molar-refractivity contribution in [3.63, 3.8) is 0 Å². The fourth-order valence-electron chi connectivity index (χ4n) is 0.617. The summed E-state index contributed by atoms with van der Waals surface area (Å²) in [6.07, 6.45) is 1.32. The average Bonchev–Trinajstić information content (AvgIpc) is 2.13. The van der Waals surface area contributed by atoms with Crippen molar-refractivity contribution in [2.75, 3.05) is 13.2 Å². The van der Waals surface area contributed by atoms with Gasteiger partial charge in [0.05, 0.1) is 18.2 Å². The Bertz CT molecular complexity index is 180. The highest BCUT2D eigenvalue weighted by Gasteiger charge is 2.17. The summed E-state index contributed by atoms with van der Waals surface area (Å²) in [6, 6.07) is 0. The number of aliphatic hydroxyl groups excluding tert-OH is 1. The van der Waals surface area contributed by atoms with E-state index in [1.54, 1.807) is 0 Å². The van der Waals surface area contributed by atoms with E-state index in [9.17, 15) is 10.0 Å². The van der Waals surface area contributed by atoms with E-state index in [0.29, 0.717) is 10.1 Å². The second kappa shape index (κ2) is 3.05. The average molecular weight is 160 g/mol. The summed E-state index contributed by atoms with van der Waals surface area (Å²) >= 11 is 0.874. The van der Waals surface area contributed by atoms with E-state index < -0.39 is 0 Å². The molecule has 0 atom stereocenters. The van der Waals surface area contributed by atoms with Crippen molar-refractivity contribution in [1.82, 2.24) is 5.06 Å². The molecule has 1 aliphatic heterocycles. The van der Waals surface area contributed by atoms with Crippen LogP contribution in [0.4, 0.5) is 0 Å². The van der Waals surface area contributed by atoms with E-state index in [2.05, 4.69) is 0 Å². The van der Waals surface area contributed by atoms with Gasteiger partial charge in [0.1, 0.15) is 0 Å². The van der Waals surface area contributed by atoms with Crippen LogP contribution in [0.3, 0.4) is 0 Å². The van der Waals surface area contributed by atoms with Crippen molar-refractivity contribution >= 4 is 16.9 Å². The maximum Gasteiger partial charge on any atom is 0.213 e. The Morgan fingerprint density at radius 2 is 2.60 bits per heavy atom. The highest BCUT2D eigenvalue weighted by Crippen LogP contribution is 2.27. The number of aliphatic hydroxyl groups is 1. The van der Waals surface area contributed by atoms with E-state index in [1.165, 1.54) is 6.08 Å². The molecule has 1 saturated heterocycles. The zero-order valence-electron chi connectivity index (χ0n) is 5.11. The number of carbonyl (C=O) groups excluding carboxylic acids is 1. The van der Waals surface area contributed by atoms with Crippen molar-refractivity contribution in [1.29, 1.82) is 0 Å². The first-order valence-electron chi connectivity index (χ1n) is 2.70. The molecule has 0 bridgehead atoms. The van der Waals surface area contributed by atoms with Crippen LogP contribution in [0, 0.1) is 5.21 Å². The molecular formula is C5H6NO3S-. The Morgan fingerprint density at radius 1 is 1.90 bits per heavy atom. The van der Waals surface area contributed by atoms with Crippen molar-refractivity contribution in [3.05, 3.63) is 16.3 Å². The standard InChI is InChI=1S/C5H6NO3S/c7-2-1-4-6(9)3-5(8)10-4/h1,7H,2-3H2/q-1. The monoisotopic (exact) mass is 160 g/mol. The number of rotatable bonds is 1. The van der Waals surface area contributed by atoms with E-state index in [4.69, 9.17) is 5.11 Å². The minimum Gasteiger partial charge on any atom is -0.758 e. The highest BCUT2D eigenvalue weighted by molar-refractivity contribution is 8.17. The fraction of sp³-hybridized carbons (Fsp3) is 0.400. The fourth-order valence-corrected chi connectivity index (χ4v) is 1.36. The van der Waals surface area contributed by atoms with Crippen LogP contribution in [0.15, 0.2) is 11.1 Å². The lowest BCUT2D eigenvalue weighted by atomic mass is 10.6. The molecule has 4 nitrogen and oxygen atoms in total. The van der Waals surface area contributed by atoms with Gasteiger partial charge < -0.3 is 15.4 Å². The largest absolute Gasteiger partial charge is 0.758 e. The number of hydroxylamine groups is 2. The van der Waals surface area contributed by atoms with Crippen LogP contribution in [0.5, 0.6) is 0 Å². The Balaban J connectivity index is 2.63. The number of thioether (sulfide) groups is 1. The zero-order valence-corrected chi connectivity index (χ0v) is 5.93. The van der Waals surface area contributed by atoms with Crippen LogP contribution in [0.25, 0.3) is 0 Å². The number of hydrogen-bond donors (Lipinski definition) is 1. The van der Waals surface area contributed by atoms with Gasteiger partial charge in [-0.1, -0.05) is 0 Å². The predicted molar refractivity (Wildman–Crippen MR) is 37.8 cm³/mol. The molecule has 56 valence electrons. The number of carbonyl (C=O) groups is 1. The van der Waals surface area contributed by atoms with Crippen molar-refractivity contribution in [2.45, 2.75) is 0 Å². The first-order chi connectivity index (χ1) is 4.74. The minimum atomic E-state index is -0.200. The molecule has 0 aromatic rings. The molecule has 1 rings (SSSR count). The van der Waals surface area contributed by atoms with Crippen LogP contribution < -0.4 is 0 Å². The summed E-state index contributed by atoms with van der Waals surface area (Å²) in [6.45, 7) is -0.301. The molecule has 0 unspecified atom stereocenters. The summed E-state index contributed by atoms with van der Waals surface area (Å²) in [7, 11) is 0. The molecule has 5 heteroatoms. The van der Waals surface area contributed by atoms with E-state index >= 15 is 0 Å². The van der Waals surface area contributed by atoms with Gasteiger partial charge in [-0.2, -0.15) is 0 Å². The lowest BCUT2D eigenvalue weighted by Gasteiger charge is -2.22. The molecule has 0 saturated carbocycles. The molecule has 1 aliphatic rings. The maximum atomic E-state index is 10.7. The highest BCUT2D eigenvalue weighted by atomic mass is 32.2. The molecule has 1 N–H and O–H groups in total. The van der Waals surface area contributed by atoms with E-state index in [1.807, 2.05) is 0 Å². The van der Waals surface area contributed by atoms with Crippen molar-refractivity contribution < 1.29 is 9.90 Å². The van der Waals surface area contributed by atoms with Crippen molar-refractivity contribution in [2.24, 2.45) is 0 Å². The molecule has 1 heterocycles.